The predicted molar refractivity (Wildman–Crippen MR) is 75.3 cm³/mol. The van der Waals surface area contributed by atoms with Crippen LogP contribution < -0.4 is 5.32 Å². The zero-order chi connectivity index (χ0) is 15.2. The second-order valence-corrected chi connectivity index (χ2v) is 5.25. The summed E-state index contributed by atoms with van der Waals surface area (Å²) in [4.78, 5) is 11.8. The molecule has 6 heteroatoms. The molecule has 0 aromatic heterocycles. The summed E-state index contributed by atoms with van der Waals surface area (Å²) < 4.78 is 39.4. The highest BCUT2D eigenvalue weighted by molar-refractivity contribution is 8.00. The SMILES string of the molecule is O=C(CSc1ccc(F)cc1F)NCc1ccccc1F. The van der Waals surface area contributed by atoms with E-state index in [-0.39, 0.29) is 23.1 Å². The van der Waals surface area contributed by atoms with Crippen LogP contribution in [0.3, 0.4) is 0 Å². The Balaban J connectivity index is 1.84. The van der Waals surface area contributed by atoms with Crippen molar-refractivity contribution < 1.29 is 18.0 Å². The van der Waals surface area contributed by atoms with Crippen molar-refractivity contribution in [2.45, 2.75) is 11.4 Å². The first-order chi connectivity index (χ1) is 10.1. The van der Waals surface area contributed by atoms with Gasteiger partial charge in [0, 0.05) is 23.1 Å². The highest BCUT2D eigenvalue weighted by Crippen LogP contribution is 2.22. The number of rotatable bonds is 5. The zero-order valence-corrected chi connectivity index (χ0v) is 11.7. The first-order valence-corrected chi connectivity index (χ1v) is 7.13. The van der Waals surface area contributed by atoms with E-state index in [2.05, 4.69) is 5.32 Å². The van der Waals surface area contributed by atoms with Gasteiger partial charge in [0.05, 0.1) is 5.75 Å². The molecule has 110 valence electrons. The van der Waals surface area contributed by atoms with Gasteiger partial charge < -0.3 is 5.32 Å². The van der Waals surface area contributed by atoms with E-state index < -0.39 is 17.5 Å². The Morgan fingerprint density at radius 3 is 2.52 bits per heavy atom. The molecule has 0 spiro atoms. The molecule has 1 amide bonds. The number of benzene rings is 2. The minimum Gasteiger partial charge on any atom is -0.351 e. The van der Waals surface area contributed by atoms with E-state index in [0.29, 0.717) is 5.56 Å². The van der Waals surface area contributed by atoms with E-state index in [0.717, 1.165) is 23.9 Å². The maximum absolute atomic E-state index is 13.4. The lowest BCUT2D eigenvalue weighted by molar-refractivity contribution is -0.118. The van der Waals surface area contributed by atoms with Crippen LogP contribution in [0.5, 0.6) is 0 Å². The summed E-state index contributed by atoms with van der Waals surface area (Å²) in [5, 5.41) is 2.54. The van der Waals surface area contributed by atoms with Crippen molar-refractivity contribution >= 4 is 17.7 Å². The van der Waals surface area contributed by atoms with Crippen LogP contribution in [0.2, 0.25) is 0 Å². The molecule has 0 radical (unpaired) electrons. The Bertz CT molecular complexity index is 649. The molecule has 0 saturated carbocycles. The monoisotopic (exact) mass is 311 g/mol. The van der Waals surface area contributed by atoms with E-state index in [1.54, 1.807) is 18.2 Å². The maximum Gasteiger partial charge on any atom is 0.230 e. The third-order valence-electron chi connectivity index (χ3n) is 2.69. The second-order valence-electron chi connectivity index (χ2n) is 4.23. The number of hydrogen-bond donors (Lipinski definition) is 1. The van der Waals surface area contributed by atoms with Gasteiger partial charge in [-0.15, -0.1) is 11.8 Å². The van der Waals surface area contributed by atoms with Gasteiger partial charge in [0.25, 0.3) is 0 Å². The Labute approximate surface area is 124 Å². The number of hydrogen-bond acceptors (Lipinski definition) is 2. The van der Waals surface area contributed by atoms with E-state index in [9.17, 15) is 18.0 Å². The lowest BCUT2D eigenvalue weighted by atomic mass is 10.2. The molecule has 1 N–H and O–H groups in total. The third kappa shape index (κ3) is 4.53. The lowest BCUT2D eigenvalue weighted by Crippen LogP contribution is -2.25. The molecular weight excluding hydrogens is 299 g/mol. The average Bonchev–Trinajstić information content (AvgIpc) is 2.45. The van der Waals surface area contributed by atoms with E-state index in [1.165, 1.54) is 12.1 Å². The summed E-state index contributed by atoms with van der Waals surface area (Å²) in [6.45, 7) is 0.0674. The average molecular weight is 311 g/mol. The summed E-state index contributed by atoms with van der Waals surface area (Å²) in [6, 6.07) is 9.29. The van der Waals surface area contributed by atoms with Gasteiger partial charge in [-0.05, 0) is 18.2 Å². The van der Waals surface area contributed by atoms with Crippen LogP contribution >= 0.6 is 11.8 Å². The summed E-state index contributed by atoms with van der Waals surface area (Å²) in [6.07, 6.45) is 0. The molecule has 21 heavy (non-hydrogen) atoms. The predicted octanol–water partition coefficient (Wildman–Crippen LogP) is 3.51. The molecule has 2 aromatic carbocycles. The van der Waals surface area contributed by atoms with Crippen LogP contribution in [-0.4, -0.2) is 11.7 Å². The van der Waals surface area contributed by atoms with E-state index in [4.69, 9.17) is 0 Å². The van der Waals surface area contributed by atoms with Crippen LogP contribution in [0.15, 0.2) is 47.4 Å². The van der Waals surface area contributed by atoms with Crippen LogP contribution in [0.1, 0.15) is 5.56 Å². The molecule has 0 fully saturated rings. The number of carbonyl (C=O) groups is 1. The third-order valence-corrected chi connectivity index (χ3v) is 3.74. The molecule has 0 unspecified atom stereocenters. The molecule has 0 heterocycles. The minimum absolute atomic E-state index is 0.0307. The van der Waals surface area contributed by atoms with Crippen molar-refractivity contribution in [2.24, 2.45) is 0 Å². The van der Waals surface area contributed by atoms with Gasteiger partial charge in [-0.3, -0.25) is 4.79 Å². The smallest absolute Gasteiger partial charge is 0.230 e. The van der Waals surface area contributed by atoms with Gasteiger partial charge in [-0.2, -0.15) is 0 Å². The standard InChI is InChI=1S/C15H12F3NOS/c16-11-5-6-14(13(18)7-11)21-9-15(20)19-8-10-3-1-2-4-12(10)17/h1-7H,8-9H2,(H,19,20). The summed E-state index contributed by atoms with van der Waals surface area (Å²) >= 11 is 0.956. The first-order valence-electron chi connectivity index (χ1n) is 6.14. The van der Waals surface area contributed by atoms with Gasteiger partial charge in [-0.25, -0.2) is 13.2 Å². The molecular formula is C15H12F3NOS. The van der Waals surface area contributed by atoms with Crippen LogP contribution in [-0.2, 0) is 11.3 Å². The highest BCUT2D eigenvalue weighted by atomic mass is 32.2. The summed E-state index contributed by atoms with van der Waals surface area (Å²) in [5.74, 6) is -2.15. The van der Waals surface area contributed by atoms with Crippen molar-refractivity contribution in [1.29, 1.82) is 0 Å². The Hall–Kier alpha value is -1.95. The first kappa shape index (κ1) is 15.4. The molecule has 0 aliphatic rings. The molecule has 0 atom stereocenters. The normalized spacial score (nSPS) is 10.4. The lowest BCUT2D eigenvalue weighted by Gasteiger charge is -2.06. The fourth-order valence-electron chi connectivity index (χ4n) is 1.62. The fraction of sp³-hybridized carbons (Fsp3) is 0.133. The number of thioether (sulfide) groups is 1. The van der Waals surface area contributed by atoms with Crippen molar-refractivity contribution in [3.63, 3.8) is 0 Å². The van der Waals surface area contributed by atoms with E-state index >= 15 is 0 Å². The van der Waals surface area contributed by atoms with Gasteiger partial charge >= 0.3 is 0 Å². The van der Waals surface area contributed by atoms with E-state index in [1.807, 2.05) is 0 Å². The quantitative estimate of drug-likeness (QED) is 0.856. The zero-order valence-electron chi connectivity index (χ0n) is 10.9. The van der Waals surface area contributed by atoms with Gasteiger partial charge in [-0.1, -0.05) is 18.2 Å². The number of carbonyl (C=O) groups excluding carboxylic acids is 1. The molecule has 2 rings (SSSR count). The van der Waals surface area contributed by atoms with Gasteiger partial charge in [0.1, 0.15) is 17.5 Å². The number of halogens is 3. The van der Waals surface area contributed by atoms with Crippen LogP contribution in [0, 0.1) is 17.5 Å². The largest absolute Gasteiger partial charge is 0.351 e. The number of amides is 1. The van der Waals surface area contributed by atoms with Gasteiger partial charge in [0.2, 0.25) is 5.91 Å². The summed E-state index contributed by atoms with van der Waals surface area (Å²) in [5.41, 5.74) is 0.379. The second kappa shape index (κ2) is 7.17. The topological polar surface area (TPSA) is 29.1 Å². The van der Waals surface area contributed by atoms with Crippen molar-refractivity contribution in [3.05, 3.63) is 65.5 Å². The minimum atomic E-state index is -0.707. The molecule has 0 aliphatic heterocycles. The maximum atomic E-state index is 13.4. The Morgan fingerprint density at radius 1 is 1.05 bits per heavy atom. The molecule has 2 nitrogen and oxygen atoms in total. The summed E-state index contributed by atoms with van der Waals surface area (Å²) in [7, 11) is 0. The fourth-order valence-corrected chi connectivity index (χ4v) is 2.37. The molecule has 0 saturated heterocycles. The van der Waals surface area contributed by atoms with Crippen molar-refractivity contribution in [2.75, 3.05) is 5.75 Å². The molecule has 0 aliphatic carbocycles. The Kier molecular flexibility index (Phi) is 5.27. The van der Waals surface area contributed by atoms with Crippen LogP contribution in [0.4, 0.5) is 13.2 Å². The molecule has 2 aromatic rings. The molecule has 0 bridgehead atoms. The number of nitrogens with one attached hydrogen (secondary N) is 1. The van der Waals surface area contributed by atoms with Crippen molar-refractivity contribution in [3.8, 4) is 0 Å². The van der Waals surface area contributed by atoms with Crippen LogP contribution in [0.25, 0.3) is 0 Å². The Morgan fingerprint density at radius 2 is 1.81 bits per heavy atom. The highest BCUT2D eigenvalue weighted by Gasteiger charge is 2.08. The van der Waals surface area contributed by atoms with Gasteiger partial charge in [0.15, 0.2) is 0 Å². The van der Waals surface area contributed by atoms with Crippen molar-refractivity contribution in [1.82, 2.24) is 5.32 Å².